The summed E-state index contributed by atoms with van der Waals surface area (Å²) in [4.78, 5) is 12.4. The summed E-state index contributed by atoms with van der Waals surface area (Å²) in [5, 5.41) is 9.28. The maximum atomic E-state index is 13.7. The fourth-order valence-corrected chi connectivity index (χ4v) is 2.16. The number of halogens is 2. The number of hydrogen-bond donors (Lipinski definition) is 2. The molecule has 2 aromatic rings. The third-order valence-electron chi connectivity index (χ3n) is 3.40. The quantitative estimate of drug-likeness (QED) is 0.780. The Hall–Kier alpha value is -2.29. The van der Waals surface area contributed by atoms with Gasteiger partial charge in [0.1, 0.15) is 5.82 Å². The number of carbonyl (C=O) groups excluding carboxylic acids is 1. The zero-order chi connectivity index (χ0) is 17.9. The van der Waals surface area contributed by atoms with E-state index in [0.717, 1.165) is 12.1 Å². The normalized spacial score (nSPS) is 12.2. The van der Waals surface area contributed by atoms with Crippen LogP contribution >= 0.6 is 12.2 Å². The molecular weight excluding hydrogens is 338 g/mol. The van der Waals surface area contributed by atoms with Crippen molar-refractivity contribution in [2.24, 2.45) is 13.0 Å². The lowest BCUT2D eigenvalue weighted by atomic mass is 10.1. The van der Waals surface area contributed by atoms with Crippen LogP contribution in [0.3, 0.4) is 0 Å². The van der Waals surface area contributed by atoms with Crippen LogP contribution in [0.2, 0.25) is 0 Å². The van der Waals surface area contributed by atoms with E-state index in [2.05, 4.69) is 15.5 Å². The van der Waals surface area contributed by atoms with E-state index in [-0.39, 0.29) is 18.2 Å². The Kier molecular flexibility index (Phi) is 5.66. The van der Waals surface area contributed by atoms with Crippen molar-refractivity contribution in [2.45, 2.75) is 26.5 Å². The van der Waals surface area contributed by atoms with Gasteiger partial charge in [0.05, 0.1) is 6.54 Å². The molecule has 1 aromatic carbocycles. The minimum atomic E-state index is -0.933. The van der Waals surface area contributed by atoms with Crippen molar-refractivity contribution in [3.63, 3.8) is 0 Å². The Labute approximate surface area is 142 Å². The largest absolute Gasteiger partial charge is 0.477 e. The van der Waals surface area contributed by atoms with Crippen molar-refractivity contribution >= 4 is 18.1 Å². The molecule has 0 unspecified atom stereocenters. The Balaban J connectivity index is 2.07. The van der Waals surface area contributed by atoms with Crippen LogP contribution in [0.15, 0.2) is 18.2 Å². The summed E-state index contributed by atoms with van der Waals surface area (Å²) < 4.78 is 34.2. The summed E-state index contributed by atoms with van der Waals surface area (Å²) in [6, 6.07) is 2.94. The first kappa shape index (κ1) is 18.1. The molecule has 1 aromatic heterocycles. The fraction of sp³-hybridized carbons (Fsp3) is 0.400. The number of nitrogens with one attached hydrogen (secondary N) is 2. The molecular formula is C15H18F2N4O2S. The smallest absolute Gasteiger partial charge is 0.261 e. The zero-order valence-electron chi connectivity index (χ0n) is 13.5. The van der Waals surface area contributed by atoms with Gasteiger partial charge in [-0.1, -0.05) is 13.8 Å². The van der Waals surface area contributed by atoms with Gasteiger partial charge in [0.15, 0.2) is 28.3 Å². The fourth-order valence-electron chi connectivity index (χ4n) is 2.00. The minimum Gasteiger partial charge on any atom is -0.477 e. The van der Waals surface area contributed by atoms with E-state index in [0.29, 0.717) is 16.7 Å². The number of carbonyl (C=O) groups is 1. The van der Waals surface area contributed by atoms with Gasteiger partial charge in [-0.05, 0) is 30.3 Å². The van der Waals surface area contributed by atoms with Gasteiger partial charge in [0.25, 0.3) is 5.91 Å². The molecule has 0 radical (unpaired) electrons. The molecule has 1 heterocycles. The molecule has 1 amide bonds. The van der Waals surface area contributed by atoms with Crippen molar-refractivity contribution in [1.29, 1.82) is 0 Å². The number of rotatable bonds is 6. The lowest BCUT2D eigenvalue weighted by Crippen LogP contribution is -2.41. The van der Waals surface area contributed by atoms with Gasteiger partial charge in [-0.3, -0.25) is 9.89 Å². The number of ether oxygens (including phenoxy) is 1. The molecule has 24 heavy (non-hydrogen) atoms. The molecule has 0 bridgehead atoms. The Morgan fingerprint density at radius 2 is 2.17 bits per heavy atom. The predicted octanol–water partition coefficient (Wildman–Crippen LogP) is 2.48. The second kappa shape index (κ2) is 7.52. The molecule has 0 spiro atoms. The van der Waals surface area contributed by atoms with Gasteiger partial charge in [-0.15, -0.1) is 0 Å². The van der Waals surface area contributed by atoms with E-state index >= 15 is 0 Å². The Morgan fingerprint density at radius 1 is 1.46 bits per heavy atom. The number of nitrogens with zero attached hydrogens (tertiary/aromatic N) is 2. The lowest BCUT2D eigenvalue weighted by Gasteiger charge is -2.22. The number of aromatic amines is 1. The lowest BCUT2D eigenvalue weighted by molar-refractivity contribution is -0.130. The van der Waals surface area contributed by atoms with E-state index in [1.807, 2.05) is 0 Å². The van der Waals surface area contributed by atoms with E-state index in [9.17, 15) is 13.6 Å². The van der Waals surface area contributed by atoms with Gasteiger partial charge in [0.2, 0.25) is 0 Å². The summed E-state index contributed by atoms with van der Waals surface area (Å²) in [5.41, 5.74) is 0. The first-order valence-electron chi connectivity index (χ1n) is 7.29. The highest BCUT2D eigenvalue weighted by Crippen LogP contribution is 2.21. The number of aromatic nitrogens is 3. The van der Waals surface area contributed by atoms with Crippen LogP contribution in [0.25, 0.3) is 0 Å². The maximum Gasteiger partial charge on any atom is 0.261 e. The first-order chi connectivity index (χ1) is 11.3. The Bertz CT molecular complexity index is 788. The van der Waals surface area contributed by atoms with Gasteiger partial charge in [-0.2, -0.15) is 5.10 Å². The van der Waals surface area contributed by atoms with Crippen LogP contribution in [0, 0.1) is 22.3 Å². The number of benzene rings is 1. The minimum absolute atomic E-state index is 0.140. The molecule has 0 aliphatic carbocycles. The van der Waals surface area contributed by atoms with Crippen LogP contribution in [-0.2, 0) is 18.4 Å². The summed E-state index contributed by atoms with van der Waals surface area (Å²) >= 11 is 4.99. The number of amides is 1. The molecule has 2 rings (SSSR count). The summed E-state index contributed by atoms with van der Waals surface area (Å²) in [5.74, 6) is -1.86. The molecule has 2 N–H and O–H groups in total. The van der Waals surface area contributed by atoms with Crippen LogP contribution in [0.4, 0.5) is 8.78 Å². The molecule has 0 aliphatic heterocycles. The molecule has 9 heteroatoms. The third-order valence-corrected chi connectivity index (χ3v) is 3.77. The highest BCUT2D eigenvalue weighted by molar-refractivity contribution is 7.71. The second-order valence-corrected chi connectivity index (χ2v) is 5.97. The van der Waals surface area contributed by atoms with Gasteiger partial charge in [0, 0.05) is 13.1 Å². The van der Waals surface area contributed by atoms with Crippen molar-refractivity contribution in [3.05, 3.63) is 40.4 Å². The zero-order valence-corrected chi connectivity index (χ0v) is 14.3. The highest BCUT2D eigenvalue weighted by atomic mass is 32.1. The molecule has 0 aliphatic rings. The Morgan fingerprint density at radius 3 is 2.71 bits per heavy atom. The maximum absolute atomic E-state index is 13.7. The first-order valence-corrected chi connectivity index (χ1v) is 7.70. The van der Waals surface area contributed by atoms with Gasteiger partial charge < -0.3 is 14.6 Å². The van der Waals surface area contributed by atoms with Crippen molar-refractivity contribution in [1.82, 2.24) is 20.1 Å². The highest BCUT2D eigenvalue weighted by Gasteiger charge is 2.25. The molecule has 6 nitrogen and oxygen atoms in total. The summed E-state index contributed by atoms with van der Waals surface area (Å²) in [7, 11) is 1.72. The van der Waals surface area contributed by atoms with Crippen molar-refractivity contribution in [2.75, 3.05) is 0 Å². The standard InChI is InChI=1S/C15H18F2N4O2S/c1-8(2)13(23-11-5-4-9(16)6-10(11)17)14(22)18-7-12-19-20-15(24)21(12)3/h4-6,8,13H,7H2,1-3H3,(H,18,22)(H,20,24)/t13-/m1/s1. The molecule has 0 saturated heterocycles. The van der Waals surface area contributed by atoms with E-state index in [1.165, 1.54) is 0 Å². The summed E-state index contributed by atoms with van der Waals surface area (Å²) in [6.45, 7) is 3.67. The van der Waals surface area contributed by atoms with Crippen molar-refractivity contribution in [3.8, 4) is 5.75 Å². The van der Waals surface area contributed by atoms with Gasteiger partial charge in [-0.25, -0.2) is 8.78 Å². The van der Waals surface area contributed by atoms with Crippen LogP contribution in [0.5, 0.6) is 5.75 Å². The second-order valence-electron chi connectivity index (χ2n) is 5.58. The molecule has 130 valence electrons. The van der Waals surface area contributed by atoms with Crippen molar-refractivity contribution < 1.29 is 18.3 Å². The van der Waals surface area contributed by atoms with Crippen LogP contribution in [0.1, 0.15) is 19.7 Å². The van der Waals surface area contributed by atoms with E-state index in [1.54, 1.807) is 25.5 Å². The summed E-state index contributed by atoms with van der Waals surface area (Å²) in [6.07, 6.45) is -0.933. The molecule has 0 saturated carbocycles. The van der Waals surface area contributed by atoms with E-state index in [4.69, 9.17) is 17.0 Å². The van der Waals surface area contributed by atoms with Crippen LogP contribution in [-0.4, -0.2) is 26.8 Å². The SMILES string of the molecule is CC(C)[C@@H](Oc1ccc(F)cc1F)C(=O)NCc1n[nH]c(=S)n1C. The molecule has 0 fully saturated rings. The average molecular weight is 356 g/mol. The monoisotopic (exact) mass is 356 g/mol. The third kappa shape index (κ3) is 4.16. The van der Waals surface area contributed by atoms with Crippen LogP contribution < -0.4 is 10.1 Å². The number of H-pyrrole nitrogens is 1. The topological polar surface area (TPSA) is 71.9 Å². The predicted molar refractivity (Wildman–Crippen MR) is 85.9 cm³/mol. The van der Waals surface area contributed by atoms with E-state index < -0.39 is 23.6 Å². The molecule has 1 atom stereocenters. The number of hydrogen-bond acceptors (Lipinski definition) is 4. The average Bonchev–Trinajstić information content (AvgIpc) is 2.83. The van der Waals surface area contributed by atoms with Gasteiger partial charge >= 0.3 is 0 Å².